The Morgan fingerprint density at radius 3 is 2.28 bits per heavy atom. The lowest BCUT2D eigenvalue weighted by Crippen LogP contribution is -2.75. The number of Topliss-reactive ketones (excluding diaryl/α,β-unsaturated/α-hetero) is 1. The Kier molecular flexibility index (Phi) is 5.44. The second kappa shape index (κ2) is 8.27. The molecule has 0 aromatic heterocycles. The lowest BCUT2D eigenvalue weighted by molar-refractivity contribution is -0.173. The number of ketones is 1. The number of hydrogen-bond acceptors (Lipinski definition) is 4. The number of aryl methyl sites for hydroxylation is 3. The number of fused-ring (bicyclic) bond motifs is 1. The molecule has 0 atom stereocenters. The molecule has 0 radical (unpaired) electrons. The van der Waals surface area contributed by atoms with E-state index in [1.54, 1.807) is 0 Å². The van der Waals surface area contributed by atoms with Gasteiger partial charge >= 0.3 is 0 Å². The van der Waals surface area contributed by atoms with Crippen molar-refractivity contribution in [3.63, 3.8) is 0 Å². The molecule has 3 saturated carbocycles. The smallest absolute Gasteiger partial charge is 0.258 e. The van der Waals surface area contributed by atoms with E-state index in [1.165, 1.54) is 24.0 Å². The zero-order valence-electron chi connectivity index (χ0n) is 18.7. The first-order valence-corrected chi connectivity index (χ1v) is 11.7. The van der Waals surface area contributed by atoms with Gasteiger partial charge in [-0.05, 0) is 92.7 Å². The summed E-state index contributed by atoms with van der Waals surface area (Å²) in [5, 5.41) is 3.15. The number of ether oxygens (including phenoxy) is 2. The summed E-state index contributed by atoms with van der Waals surface area (Å²) in [5.41, 5.74) is 3.85. The van der Waals surface area contributed by atoms with Gasteiger partial charge in [-0.1, -0.05) is 23.8 Å². The molecule has 168 valence electrons. The van der Waals surface area contributed by atoms with E-state index >= 15 is 0 Å². The predicted octanol–water partition coefficient (Wildman–Crippen LogP) is 4.33. The van der Waals surface area contributed by atoms with Crippen LogP contribution in [0.5, 0.6) is 11.5 Å². The second-order valence-corrected chi connectivity index (χ2v) is 10.1. The Hall–Kier alpha value is -2.82. The standard InChI is InChI=1S/C27H31NO4/c1-19-6-9-23(10-7-19)31-14-22(29)13-26-16-27(17-26,18-26)28-25(30)15-32-24-11-8-20-4-2-3-5-21(20)12-24/h6-12H,2-5,13-18H2,1H3,(H,28,30). The summed E-state index contributed by atoms with van der Waals surface area (Å²) < 4.78 is 11.4. The van der Waals surface area contributed by atoms with E-state index in [1.807, 2.05) is 37.3 Å². The van der Waals surface area contributed by atoms with Crippen LogP contribution in [-0.2, 0) is 22.4 Å². The molecule has 0 heterocycles. The minimum Gasteiger partial charge on any atom is -0.486 e. The topological polar surface area (TPSA) is 64.6 Å². The quantitative estimate of drug-likeness (QED) is 0.639. The maximum atomic E-state index is 12.4. The number of hydrogen-bond donors (Lipinski definition) is 1. The van der Waals surface area contributed by atoms with Crippen molar-refractivity contribution in [2.75, 3.05) is 13.2 Å². The van der Waals surface area contributed by atoms with E-state index in [0.29, 0.717) is 6.42 Å². The number of rotatable bonds is 9. The van der Waals surface area contributed by atoms with Crippen molar-refractivity contribution in [3.8, 4) is 11.5 Å². The first kappa shape index (κ1) is 21.0. The van der Waals surface area contributed by atoms with Crippen LogP contribution in [-0.4, -0.2) is 30.4 Å². The molecule has 6 rings (SSSR count). The van der Waals surface area contributed by atoms with E-state index in [4.69, 9.17) is 9.47 Å². The van der Waals surface area contributed by atoms with Gasteiger partial charge in [-0.2, -0.15) is 0 Å². The summed E-state index contributed by atoms with van der Waals surface area (Å²) in [6.07, 6.45) is 7.87. The number of nitrogens with one attached hydrogen (secondary N) is 1. The summed E-state index contributed by atoms with van der Waals surface area (Å²) in [7, 11) is 0. The van der Waals surface area contributed by atoms with Crippen LogP contribution < -0.4 is 14.8 Å². The van der Waals surface area contributed by atoms with E-state index in [2.05, 4.69) is 17.4 Å². The number of benzene rings is 2. The lowest BCUT2D eigenvalue weighted by atomic mass is 9.38. The van der Waals surface area contributed by atoms with Gasteiger partial charge in [-0.15, -0.1) is 0 Å². The molecule has 5 heteroatoms. The van der Waals surface area contributed by atoms with Gasteiger partial charge in [0.15, 0.2) is 12.4 Å². The van der Waals surface area contributed by atoms with Crippen molar-refractivity contribution >= 4 is 11.7 Å². The van der Waals surface area contributed by atoms with Crippen LogP contribution in [0.1, 0.15) is 55.2 Å². The van der Waals surface area contributed by atoms with Gasteiger partial charge in [0.2, 0.25) is 0 Å². The minimum absolute atomic E-state index is 0.0385. The van der Waals surface area contributed by atoms with Gasteiger partial charge in [-0.3, -0.25) is 9.59 Å². The van der Waals surface area contributed by atoms with E-state index in [-0.39, 0.29) is 35.9 Å². The molecule has 3 fully saturated rings. The largest absolute Gasteiger partial charge is 0.486 e. The molecule has 4 aliphatic rings. The van der Waals surface area contributed by atoms with Crippen molar-refractivity contribution in [2.45, 2.75) is 63.8 Å². The van der Waals surface area contributed by atoms with E-state index in [0.717, 1.165) is 49.2 Å². The molecule has 0 unspecified atom stereocenters. The highest BCUT2D eigenvalue weighted by molar-refractivity contribution is 5.82. The Labute approximate surface area is 189 Å². The van der Waals surface area contributed by atoms with Crippen LogP contribution in [0.2, 0.25) is 0 Å². The fourth-order valence-electron chi connectivity index (χ4n) is 5.87. The van der Waals surface area contributed by atoms with Gasteiger partial charge < -0.3 is 14.8 Å². The van der Waals surface area contributed by atoms with Crippen LogP contribution in [0, 0.1) is 12.3 Å². The molecule has 4 aliphatic carbocycles. The Morgan fingerprint density at radius 2 is 1.53 bits per heavy atom. The summed E-state index contributed by atoms with van der Waals surface area (Å²) >= 11 is 0. The van der Waals surface area contributed by atoms with Crippen molar-refractivity contribution < 1.29 is 19.1 Å². The van der Waals surface area contributed by atoms with Crippen LogP contribution in [0.4, 0.5) is 0 Å². The Balaban J connectivity index is 1.03. The number of carbonyl (C=O) groups is 2. The van der Waals surface area contributed by atoms with Crippen molar-refractivity contribution in [1.82, 2.24) is 5.32 Å². The first-order chi connectivity index (χ1) is 15.4. The molecule has 2 bridgehead atoms. The second-order valence-electron chi connectivity index (χ2n) is 10.1. The van der Waals surface area contributed by atoms with Crippen molar-refractivity contribution in [3.05, 3.63) is 59.2 Å². The predicted molar refractivity (Wildman–Crippen MR) is 122 cm³/mol. The maximum Gasteiger partial charge on any atom is 0.258 e. The fourth-order valence-corrected chi connectivity index (χ4v) is 5.87. The van der Waals surface area contributed by atoms with Gasteiger partial charge in [0.05, 0.1) is 0 Å². The Bertz CT molecular complexity index is 1010. The summed E-state index contributed by atoms with van der Waals surface area (Å²) in [6.45, 7) is 2.17. The summed E-state index contributed by atoms with van der Waals surface area (Å²) in [5.74, 6) is 1.55. The third-order valence-electron chi connectivity index (χ3n) is 7.23. The van der Waals surface area contributed by atoms with Gasteiger partial charge in [-0.25, -0.2) is 0 Å². The highest BCUT2D eigenvalue weighted by Gasteiger charge is 2.68. The molecule has 5 nitrogen and oxygen atoms in total. The van der Waals surface area contributed by atoms with Gasteiger partial charge in [0.25, 0.3) is 5.91 Å². The van der Waals surface area contributed by atoms with Crippen molar-refractivity contribution in [1.29, 1.82) is 0 Å². The van der Waals surface area contributed by atoms with Crippen molar-refractivity contribution in [2.24, 2.45) is 5.41 Å². The van der Waals surface area contributed by atoms with Crippen LogP contribution in [0.25, 0.3) is 0 Å². The average molecular weight is 434 g/mol. The zero-order chi connectivity index (χ0) is 22.2. The van der Waals surface area contributed by atoms with E-state index in [9.17, 15) is 9.59 Å². The minimum atomic E-state index is -0.131. The van der Waals surface area contributed by atoms with Crippen LogP contribution in [0.3, 0.4) is 0 Å². The maximum absolute atomic E-state index is 12.4. The number of carbonyl (C=O) groups excluding carboxylic acids is 2. The average Bonchev–Trinajstić information content (AvgIpc) is 2.75. The third kappa shape index (κ3) is 4.38. The molecular formula is C27H31NO4. The molecule has 1 amide bonds. The molecule has 32 heavy (non-hydrogen) atoms. The highest BCUT2D eigenvalue weighted by Crippen LogP contribution is 2.68. The molecule has 0 spiro atoms. The first-order valence-electron chi connectivity index (χ1n) is 11.7. The third-order valence-corrected chi connectivity index (χ3v) is 7.23. The molecule has 2 aromatic carbocycles. The Morgan fingerprint density at radius 1 is 0.875 bits per heavy atom. The van der Waals surface area contributed by atoms with Gasteiger partial charge in [0.1, 0.15) is 18.1 Å². The highest BCUT2D eigenvalue weighted by atomic mass is 16.5. The van der Waals surface area contributed by atoms with Crippen LogP contribution in [0.15, 0.2) is 42.5 Å². The molecule has 2 aromatic rings. The molecule has 0 aliphatic heterocycles. The van der Waals surface area contributed by atoms with Crippen LogP contribution >= 0.6 is 0 Å². The number of amides is 1. The molecular weight excluding hydrogens is 402 g/mol. The molecule has 0 saturated heterocycles. The molecule has 1 N–H and O–H groups in total. The van der Waals surface area contributed by atoms with Gasteiger partial charge in [0, 0.05) is 12.0 Å². The lowest BCUT2D eigenvalue weighted by Gasteiger charge is -2.70. The normalized spacial score (nSPS) is 25.0. The monoisotopic (exact) mass is 433 g/mol. The SMILES string of the molecule is Cc1ccc(OCC(=O)CC23CC(NC(=O)COc4ccc5c(c4)CCCC5)(C2)C3)cc1. The zero-order valence-corrected chi connectivity index (χ0v) is 18.7. The van der Waals surface area contributed by atoms with E-state index < -0.39 is 0 Å². The fraction of sp³-hybridized carbons (Fsp3) is 0.481. The summed E-state index contributed by atoms with van der Waals surface area (Å²) in [4.78, 5) is 24.8. The summed E-state index contributed by atoms with van der Waals surface area (Å²) in [6, 6.07) is 13.9.